The zero-order chi connectivity index (χ0) is 21.7. The summed E-state index contributed by atoms with van der Waals surface area (Å²) in [5.74, 6) is 3.03. The standard InChI is InChI=1S/C21H27N9O/c1-5-16-19-26-25-13(2)29(19)17-10-22-21(24-18(17)30(16)14-8-6-7-9-14)28-11-15(23-12-28)20(31)27(3)4/h10-12,14,16H,5-9H2,1-4H3. The van der Waals surface area contributed by atoms with Gasteiger partial charge in [0.05, 0.1) is 12.2 Å². The van der Waals surface area contributed by atoms with Crippen molar-refractivity contribution in [1.29, 1.82) is 0 Å². The lowest BCUT2D eigenvalue weighted by Crippen LogP contribution is -2.42. The van der Waals surface area contributed by atoms with E-state index in [2.05, 4.69) is 36.6 Å². The van der Waals surface area contributed by atoms with Gasteiger partial charge in [-0.1, -0.05) is 19.8 Å². The molecule has 3 aromatic heterocycles. The molecule has 1 amide bonds. The summed E-state index contributed by atoms with van der Waals surface area (Å²) in [6.45, 7) is 4.14. The first kappa shape index (κ1) is 19.7. The zero-order valence-corrected chi connectivity index (χ0v) is 18.4. The van der Waals surface area contributed by atoms with Gasteiger partial charge in [-0.05, 0) is 26.2 Å². The van der Waals surface area contributed by atoms with E-state index in [1.54, 1.807) is 31.2 Å². The fraction of sp³-hybridized carbons (Fsp3) is 0.524. The van der Waals surface area contributed by atoms with E-state index < -0.39 is 0 Å². The SMILES string of the molecule is CCC1c2nnc(C)n2-c2cnc(-n3cnc(C(=O)N(C)C)c3)nc2N1C1CCCC1. The number of rotatable bonds is 4. The number of anilines is 1. The Balaban J connectivity index is 1.63. The number of fused-ring (bicyclic) bond motifs is 3. The highest BCUT2D eigenvalue weighted by molar-refractivity contribution is 5.91. The maximum absolute atomic E-state index is 12.3. The normalized spacial score (nSPS) is 18.2. The van der Waals surface area contributed by atoms with Crippen LogP contribution in [-0.2, 0) is 0 Å². The molecule has 0 N–H and O–H groups in total. The summed E-state index contributed by atoms with van der Waals surface area (Å²) in [5, 5.41) is 8.86. The van der Waals surface area contributed by atoms with Crippen molar-refractivity contribution in [3.8, 4) is 11.6 Å². The Morgan fingerprint density at radius 2 is 1.97 bits per heavy atom. The number of aryl methyl sites for hydroxylation is 1. The quantitative estimate of drug-likeness (QED) is 0.638. The summed E-state index contributed by atoms with van der Waals surface area (Å²) in [6, 6.07) is 0.541. The lowest BCUT2D eigenvalue weighted by molar-refractivity contribution is 0.0822. The molecule has 0 bridgehead atoms. The van der Waals surface area contributed by atoms with E-state index in [4.69, 9.17) is 4.98 Å². The average Bonchev–Trinajstić information content (AvgIpc) is 3.53. The summed E-state index contributed by atoms with van der Waals surface area (Å²) < 4.78 is 3.78. The van der Waals surface area contributed by atoms with Crippen molar-refractivity contribution in [2.24, 2.45) is 0 Å². The smallest absolute Gasteiger partial charge is 0.273 e. The van der Waals surface area contributed by atoms with Gasteiger partial charge in [0.15, 0.2) is 11.6 Å². The van der Waals surface area contributed by atoms with Gasteiger partial charge in [-0.25, -0.2) is 9.97 Å². The summed E-state index contributed by atoms with van der Waals surface area (Å²) in [5.41, 5.74) is 1.27. The molecule has 1 fully saturated rings. The molecule has 5 rings (SSSR count). The highest BCUT2D eigenvalue weighted by Crippen LogP contribution is 2.43. The number of amides is 1. The van der Waals surface area contributed by atoms with Crippen LogP contribution in [0, 0.1) is 6.92 Å². The lowest BCUT2D eigenvalue weighted by atomic mass is 10.0. The molecular formula is C21H27N9O. The van der Waals surface area contributed by atoms with E-state index in [0.29, 0.717) is 17.7 Å². The fourth-order valence-corrected chi connectivity index (χ4v) is 4.75. The average molecular weight is 422 g/mol. The van der Waals surface area contributed by atoms with Gasteiger partial charge >= 0.3 is 0 Å². The van der Waals surface area contributed by atoms with Gasteiger partial charge in [-0.15, -0.1) is 10.2 Å². The number of hydrogen-bond acceptors (Lipinski definition) is 7. The molecule has 3 aromatic rings. The third-order valence-electron chi connectivity index (χ3n) is 6.25. The molecule has 162 valence electrons. The van der Waals surface area contributed by atoms with E-state index in [1.165, 1.54) is 17.7 Å². The topological polar surface area (TPSA) is 97.9 Å². The molecule has 2 aliphatic rings. The molecule has 0 aromatic carbocycles. The molecule has 1 saturated carbocycles. The van der Waals surface area contributed by atoms with Crippen LogP contribution < -0.4 is 4.90 Å². The van der Waals surface area contributed by atoms with Crippen LogP contribution >= 0.6 is 0 Å². The van der Waals surface area contributed by atoms with E-state index in [0.717, 1.165) is 42.4 Å². The number of carbonyl (C=O) groups excluding carboxylic acids is 1. The minimum atomic E-state index is -0.153. The van der Waals surface area contributed by atoms with Gasteiger partial charge < -0.3 is 9.80 Å². The number of hydrogen-bond donors (Lipinski definition) is 0. The van der Waals surface area contributed by atoms with Crippen LogP contribution in [0.5, 0.6) is 0 Å². The fourth-order valence-electron chi connectivity index (χ4n) is 4.75. The zero-order valence-electron chi connectivity index (χ0n) is 18.4. The molecule has 1 aliphatic heterocycles. The molecule has 1 atom stereocenters. The highest BCUT2D eigenvalue weighted by atomic mass is 16.2. The van der Waals surface area contributed by atoms with Gasteiger partial charge in [0.1, 0.15) is 23.5 Å². The van der Waals surface area contributed by atoms with Crippen LogP contribution in [0.25, 0.3) is 11.6 Å². The second kappa shape index (κ2) is 7.44. The number of imidazole rings is 1. The maximum Gasteiger partial charge on any atom is 0.273 e. The van der Waals surface area contributed by atoms with Gasteiger partial charge in [0.2, 0.25) is 5.95 Å². The summed E-state index contributed by atoms with van der Waals surface area (Å²) in [7, 11) is 3.42. The molecule has 10 heteroatoms. The van der Waals surface area contributed by atoms with Crippen LogP contribution in [0.3, 0.4) is 0 Å². The van der Waals surface area contributed by atoms with Gasteiger partial charge in [0.25, 0.3) is 5.91 Å². The van der Waals surface area contributed by atoms with E-state index >= 15 is 0 Å². The Kier molecular flexibility index (Phi) is 4.71. The first-order valence-electron chi connectivity index (χ1n) is 10.8. The Morgan fingerprint density at radius 3 is 2.68 bits per heavy atom. The van der Waals surface area contributed by atoms with Crippen molar-refractivity contribution < 1.29 is 4.79 Å². The summed E-state index contributed by atoms with van der Waals surface area (Å²) in [6.07, 6.45) is 10.8. The first-order valence-corrected chi connectivity index (χ1v) is 10.8. The molecule has 1 unspecified atom stereocenters. The highest BCUT2D eigenvalue weighted by Gasteiger charge is 2.39. The number of aromatic nitrogens is 7. The van der Waals surface area contributed by atoms with E-state index in [1.807, 2.05) is 13.1 Å². The van der Waals surface area contributed by atoms with E-state index in [9.17, 15) is 4.79 Å². The molecule has 0 saturated heterocycles. The van der Waals surface area contributed by atoms with Gasteiger partial charge in [-0.3, -0.25) is 13.9 Å². The summed E-state index contributed by atoms with van der Waals surface area (Å²) in [4.78, 5) is 30.0. The molecule has 31 heavy (non-hydrogen) atoms. The Morgan fingerprint density at radius 1 is 1.19 bits per heavy atom. The van der Waals surface area contributed by atoms with E-state index in [-0.39, 0.29) is 11.9 Å². The van der Waals surface area contributed by atoms with Crippen molar-refractivity contribution in [1.82, 2.24) is 39.2 Å². The second-order valence-electron chi connectivity index (χ2n) is 8.46. The largest absolute Gasteiger partial charge is 0.343 e. The Bertz CT molecular complexity index is 1130. The number of carbonyl (C=O) groups is 1. The van der Waals surface area contributed by atoms with Crippen molar-refractivity contribution >= 4 is 11.7 Å². The van der Waals surface area contributed by atoms with Crippen molar-refractivity contribution in [2.45, 2.75) is 58.0 Å². The predicted molar refractivity (Wildman–Crippen MR) is 115 cm³/mol. The summed E-state index contributed by atoms with van der Waals surface area (Å²) >= 11 is 0. The van der Waals surface area contributed by atoms with Crippen molar-refractivity contribution in [3.05, 3.63) is 36.1 Å². The lowest BCUT2D eigenvalue weighted by Gasteiger charge is -2.41. The maximum atomic E-state index is 12.3. The molecule has 4 heterocycles. The molecular weight excluding hydrogens is 394 g/mol. The minimum absolute atomic E-state index is 0.119. The van der Waals surface area contributed by atoms with Crippen LogP contribution in [0.1, 0.15) is 67.2 Å². The van der Waals surface area contributed by atoms with Crippen LogP contribution in [0.15, 0.2) is 18.7 Å². The third kappa shape index (κ3) is 3.08. The third-order valence-corrected chi connectivity index (χ3v) is 6.25. The molecule has 10 nitrogen and oxygen atoms in total. The van der Waals surface area contributed by atoms with Crippen molar-refractivity contribution in [3.63, 3.8) is 0 Å². The Hall–Kier alpha value is -3.30. The van der Waals surface area contributed by atoms with Crippen LogP contribution in [-0.4, -0.2) is 65.2 Å². The first-order chi connectivity index (χ1) is 15.0. The molecule has 1 aliphatic carbocycles. The van der Waals surface area contributed by atoms with Gasteiger partial charge in [-0.2, -0.15) is 4.98 Å². The molecule has 0 spiro atoms. The van der Waals surface area contributed by atoms with Crippen molar-refractivity contribution in [2.75, 3.05) is 19.0 Å². The molecule has 0 radical (unpaired) electrons. The Labute approximate surface area is 180 Å². The van der Waals surface area contributed by atoms with Gasteiger partial charge in [0, 0.05) is 26.3 Å². The van der Waals surface area contributed by atoms with Crippen LogP contribution in [0.2, 0.25) is 0 Å². The second-order valence-corrected chi connectivity index (χ2v) is 8.46. The minimum Gasteiger partial charge on any atom is -0.343 e. The predicted octanol–water partition coefficient (Wildman–Crippen LogP) is 2.47. The monoisotopic (exact) mass is 421 g/mol. The number of nitrogens with zero attached hydrogens (tertiary/aromatic N) is 9. The van der Waals surface area contributed by atoms with Crippen LogP contribution in [0.4, 0.5) is 5.82 Å².